The van der Waals surface area contributed by atoms with Crippen LogP contribution >= 0.6 is 0 Å². The van der Waals surface area contributed by atoms with Crippen LogP contribution in [0, 0.1) is 5.92 Å². The van der Waals surface area contributed by atoms with Gasteiger partial charge in [0.1, 0.15) is 5.82 Å². The molecule has 0 spiro atoms. The van der Waals surface area contributed by atoms with Gasteiger partial charge in [0.25, 0.3) is 5.91 Å². The number of pyridine rings is 1. The van der Waals surface area contributed by atoms with Gasteiger partial charge in [0.15, 0.2) is 0 Å². The van der Waals surface area contributed by atoms with Gasteiger partial charge in [0.05, 0.1) is 0 Å². The van der Waals surface area contributed by atoms with Crippen LogP contribution in [0.15, 0.2) is 18.3 Å². The molecule has 110 valence electrons. The van der Waals surface area contributed by atoms with E-state index in [2.05, 4.69) is 15.6 Å². The molecule has 5 heteroatoms. The highest BCUT2D eigenvalue weighted by atomic mass is 16.5. The summed E-state index contributed by atoms with van der Waals surface area (Å²) < 4.78 is 5.47. The Kier molecular flexibility index (Phi) is 5.80. The number of amides is 1. The van der Waals surface area contributed by atoms with Gasteiger partial charge in [0.2, 0.25) is 0 Å². The molecule has 1 aromatic rings. The fourth-order valence-electron chi connectivity index (χ4n) is 2.37. The van der Waals surface area contributed by atoms with Crippen LogP contribution in [0.3, 0.4) is 0 Å². The minimum absolute atomic E-state index is 0.0568. The summed E-state index contributed by atoms with van der Waals surface area (Å²) in [6.45, 7) is 5.17. The van der Waals surface area contributed by atoms with Crippen LogP contribution in [0.1, 0.15) is 36.5 Å². The van der Waals surface area contributed by atoms with Crippen molar-refractivity contribution in [3.63, 3.8) is 0 Å². The van der Waals surface area contributed by atoms with E-state index in [1.54, 1.807) is 18.3 Å². The van der Waals surface area contributed by atoms with Gasteiger partial charge in [-0.05, 0) is 44.2 Å². The van der Waals surface area contributed by atoms with E-state index in [1.807, 2.05) is 6.92 Å². The van der Waals surface area contributed by atoms with Crippen molar-refractivity contribution in [2.24, 2.45) is 5.92 Å². The molecule has 2 rings (SSSR count). The quantitative estimate of drug-likeness (QED) is 0.835. The molecule has 1 saturated heterocycles. The minimum Gasteiger partial charge on any atom is -0.381 e. The second-order valence-corrected chi connectivity index (χ2v) is 5.09. The first kappa shape index (κ1) is 14.8. The van der Waals surface area contributed by atoms with Gasteiger partial charge in [-0.25, -0.2) is 4.98 Å². The molecule has 2 N–H and O–H groups in total. The number of carbonyl (C=O) groups is 1. The largest absolute Gasteiger partial charge is 0.381 e. The SMILES string of the molecule is CCNC(=O)c1ccnc(NCCC2CCCOC2)c1. The lowest BCUT2D eigenvalue weighted by Gasteiger charge is -2.22. The first-order valence-electron chi connectivity index (χ1n) is 7.35. The molecule has 0 bridgehead atoms. The summed E-state index contributed by atoms with van der Waals surface area (Å²) in [5, 5.41) is 6.07. The molecule has 1 fully saturated rings. The number of hydrogen-bond donors (Lipinski definition) is 2. The molecule has 20 heavy (non-hydrogen) atoms. The van der Waals surface area contributed by atoms with E-state index in [0.29, 0.717) is 18.0 Å². The molecular formula is C15H23N3O2. The monoisotopic (exact) mass is 277 g/mol. The van der Waals surface area contributed by atoms with Crippen molar-refractivity contribution in [2.75, 3.05) is 31.6 Å². The maximum absolute atomic E-state index is 11.7. The zero-order chi connectivity index (χ0) is 14.2. The first-order chi connectivity index (χ1) is 9.79. The lowest BCUT2D eigenvalue weighted by atomic mass is 9.99. The summed E-state index contributed by atoms with van der Waals surface area (Å²) in [6.07, 6.45) is 5.15. The molecule has 1 amide bonds. The maximum Gasteiger partial charge on any atom is 0.251 e. The number of carbonyl (C=O) groups excluding carboxylic acids is 1. The first-order valence-corrected chi connectivity index (χ1v) is 7.35. The Bertz CT molecular complexity index is 431. The average Bonchev–Trinajstić information content (AvgIpc) is 2.49. The van der Waals surface area contributed by atoms with E-state index in [0.717, 1.165) is 38.4 Å². The molecule has 1 aliphatic heterocycles. The Morgan fingerprint density at radius 3 is 3.20 bits per heavy atom. The number of hydrogen-bond acceptors (Lipinski definition) is 4. The van der Waals surface area contributed by atoms with Crippen molar-refractivity contribution >= 4 is 11.7 Å². The fraction of sp³-hybridized carbons (Fsp3) is 0.600. The topological polar surface area (TPSA) is 63.2 Å². The molecule has 1 aliphatic rings. The van der Waals surface area contributed by atoms with Gasteiger partial charge in [-0.15, -0.1) is 0 Å². The second kappa shape index (κ2) is 7.85. The molecule has 0 aromatic carbocycles. The van der Waals surface area contributed by atoms with E-state index in [1.165, 1.54) is 6.42 Å². The third-order valence-electron chi connectivity index (χ3n) is 3.47. The number of rotatable bonds is 6. The highest BCUT2D eigenvalue weighted by Gasteiger charge is 2.13. The Labute approximate surface area is 120 Å². The van der Waals surface area contributed by atoms with Crippen LogP contribution in [0.25, 0.3) is 0 Å². The highest BCUT2D eigenvalue weighted by molar-refractivity contribution is 5.94. The van der Waals surface area contributed by atoms with Crippen LogP contribution in [0.5, 0.6) is 0 Å². The Balaban J connectivity index is 1.80. The van der Waals surface area contributed by atoms with E-state index in [-0.39, 0.29) is 5.91 Å². The number of ether oxygens (including phenoxy) is 1. The van der Waals surface area contributed by atoms with Gasteiger partial charge >= 0.3 is 0 Å². The van der Waals surface area contributed by atoms with Crippen molar-refractivity contribution in [1.29, 1.82) is 0 Å². The molecule has 1 aromatic heterocycles. The Morgan fingerprint density at radius 2 is 2.45 bits per heavy atom. The third kappa shape index (κ3) is 4.49. The van der Waals surface area contributed by atoms with Crippen molar-refractivity contribution in [2.45, 2.75) is 26.2 Å². The lowest BCUT2D eigenvalue weighted by Crippen LogP contribution is -2.23. The maximum atomic E-state index is 11.7. The van der Waals surface area contributed by atoms with E-state index in [4.69, 9.17) is 4.74 Å². The molecule has 2 heterocycles. The van der Waals surface area contributed by atoms with Gasteiger partial charge in [-0.1, -0.05) is 0 Å². The second-order valence-electron chi connectivity index (χ2n) is 5.09. The van der Waals surface area contributed by atoms with Gasteiger partial charge in [0, 0.05) is 38.1 Å². The summed E-state index contributed by atoms with van der Waals surface area (Å²) in [7, 11) is 0. The summed E-state index contributed by atoms with van der Waals surface area (Å²) >= 11 is 0. The van der Waals surface area contributed by atoms with Gasteiger partial charge in [-0.3, -0.25) is 4.79 Å². The molecule has 0 aliphatic carbocycles. The molecule has 0 radical (unpaired) electrons. The van der Waals surface area contributed by atoms with Crippen molar-refractivity contribution in [1.82, 2.24) is 10.3 Å². The normalized spacial score (nSPS) is 18.6. The van der Waals surface area contributed by atoms with E-state index in [9.17, 15) is 4.79 Å². The van der Waals surface area contributed by atoms with Crippen LogP contribution in [0.2, 0.25) is 0 Å². The zero-order valence-electron chi connectivity index (χ0n) is 12.0. The average molecular weight is 277 g/mol. The number of nitrogens with one attached hydrogen (secondary N) is 2. The molecule has 0 saturated carbocycles. The summed E-state index contributed by atoms with van der Waals surface area (Å²) in [5.74, 6) is 1.34. The zero-order valence-corrected chi connectivity index (χ0v) is 12.0. The minimum atomic E-state index is -0.0568. The standard InChI is InChI=1S/C15H23N3O2/c1-2-16-15(19)13-6-8-18-14(10-13)17-7-5-12-4-3-9-20-11-12/h6,8,10,12H,2-5,7,9,11H2,1H3,(H,16,19)(H,17,18). The lowest BCUT2D eigenvalue weighted by molar-refractivity contribution is 0.0530. The predicted molar refractivity (Wildman–Crippen MR) is 78.9 cm³/mol. The van der Waals surface area contributed by atoms with Crippen LogP contribution < -0.4 is 10.6 Å². The van der Waals surface area contributed by atoms with Crippen LogP contribution in [-0.4, -0.2) is 37.2 Å². The highest BCUT2D eigenvalue weighted by Crippen LogP contribution is 2.17. The van der Waals surface area contributed by atoms with E-state index >= 15 is 0 Å². The Hall–Kier alpha value is -1.62. The number of aromatic nitrogens is 1. The molecule has 1 unspecified atom stereocenters. The summed E-state index contributed by atoms with van der Waals surface area (Å²) in [6, 6.07) is 3.52. The van der Waals surface area contributed by atoms with Gasteiger partial charge < -0.3 is 15.4 Å². The predicted octanol–water partition coefficient (Wildman–Crippen LogP) is 2.06. The fourth-order valence-corrected chi connectivity index (χ4v) is 2.37. The van der Waals surface area contributed by atoms with Crippen LogP contribution in [-0.2, 0) is 4.74 Å². The van der Waals surface area contributed by atoms with Gasteiger partial charge in [-0.2, -0.15) is 0 Å². The van der Waals surface area contributed by atoms with Crippen LogP contribution in [0.4, 0.5) is 5.82 Å². The smallest absolute Gasteiger partial charge is 0.251 e. The van der Waals surface area contributed by atoms with Crippen molar-refractivity contribution in [3.05, 3.63) is 23.9 Å². The summed E-state index contributed by atoms with van der Waals surface area (Å²) in [5.41, 5.74) is 0.644. The number of anilines is 1. The van der Waals surface area contributed by atoms with Crippen molar-refractivity contribution in [3.8, 4) is 0 Å². The molecular weight excluding hydrogens is 254 g/mol. The van der Waals surface area contributed by atoms with Crippen molar-refractivity contribution < 1.29 is 9.53 Å². The van der Waals surface area contributed by atoms with E-state index < -0.39 is 0 Å². The summed E-state index contributed by atoms with van der Waals surface area (Å²) in [4.78, 5) is 16.0. The Morgan fingerprint density at radius 1 is 1.55 bits per heavy atom. The molecule has 5 nitrogen and oxygen atoms in total. The molecule has 1 atom stereocenters. The number of nitrogens with zero attached hydrogens (tertiary/aromatic N) is 1. The third-order valence-corrected chi connectivity index (χ3v) is 3.47.